The predicted octanol–water partition coefficient (Wildman–Crippen LogP) is 2.31. The molecule has 0 saturated carbocycles. The molecule has 0 unspecified atom stereocenters. The second-order valence-electron chi connectivity index (χ2n) is 4.48. The van der Waals surface area contributed by atoms with Gasteiger partial charge in [-0.15, -0.1) is 0 Å². The molecule has 0 spiro atoms. The Balaban J connectivity index is 2.17. The van der Waals surface area contributed by atoms with Crippen LogP contribution in [0.2, 0.25) is 0 Å². The van der Waals surface area contributed by atoms with Gasteiger partial charge in [-0.3, -0.25) is 19.5 Å². The van der Waals surface area contributed by atoms with Gasteiger partial charge in [0.2, 0.25) is 0 Å². The number of aromatic nitrogens is 1. The number of pyridine rings is 1. The summed E-state index contributed by atoms with van der Waals surface area (Å²) in [5.74, 6) is -0.872. The predicted molar refractivity (Wildman–Crippen MR) is 63.2 cm³/mol. The van der Waals surface area contributed by atoms with E-state index in [9.17, 15) is 22.8 Å². The van der Waals surface area contributed by atoms with Crippen LogP contribution in [0.15, 0.2) is 29.5 Å². The average molecular weight is 284 g/mol. The molecule has 0 aliphatic carbocycles. The summed E-state index contributed by atoms with van der Waals surface area (Å²) < 4.78 is 37.2. The molecule has 7 heteroatoms. The van der Waals surface area contributed by atoms with Gasteiger partial charge in [-0.2, -0.15) is 13.2 Å². The quantitative estimate of drug-likeness (QED) is 0.783. The molecule has 1 aromatic heterocycles. The lowest BCUT2D eigenvalue weighted by Gasteiger charge is -2.14. The van der Waals surface area contributed by atoms with Crippen molar-refractivity contribution < 1.29 is 22.8 Å². The van der Waals surface area contributed by atoms with Gasteiger partial charge >= 0.3 is 6.18 Å². The van der Waals surface area contributed by atoms with Gasteiger partial charge < -0.3 is 0 Å². The smallest absolute Gasteiger partial charge is 0.269 e. The van der Waals surface area contributed by atoms with Crippen molar-refractivity contribution in [3.63, 3.8) is 0 Å². The zero-order chi connectivity index (χ0) is 15.1. The Morgan fingerprint density at radius 1 is 1.10 bits per heavy atom. The van der Waals surface area contributed by atoms with Crippen LogP contribution in [-0.2, 0) is 22.3 Å². The molecule has 0 fully saturated rings. The Labute approximate surface area is 112 Å². The van der Waals surface area contributed by atoms with Crippen molar-refractivity contribution in [1.29, 1.82) is 0 Å². The van der Waals surface area contributed by atoms with Crippen molar-refractivity contribution in [2.45, 2.75) is 26.6 Å². The highest BCUT2D eigenvalue weighted by atomic mass is 19.4. The summed E-state index contributed by atoms with van der Waals surface area (Å²) in [6.07, 6.45) is -3.77. The molecule has 0 N–H and O–H groups in total. The van der Waals surface area contributed by atoms with E-state index in [0.717, 1.165) is 17.0 Å². The van der Waals surface area contributed by atoms with Crippen LogP contribution in [0.1, 0.15) is 25.1 Å². The summed E-state index contributed by atoms with van der Waals surface area (Å²) in [6, 6.07) is 2.03. The van der Waals surface area contributed by atoms with Gasteiger partial charge in [0.15, 0.2) is 0 Å². The normalized spacial score (nSPS) is 16.4. The lowest BCUT2D eigenvalue weighted by Crippen LogP contribution is -2.31. The lowest BCUT2D eigenvalue weighted by molar-refractivity contribution is -0.139. The molecule has 2 rings (SSSR count). The van der Waals surface area contributed by atoms with Crippen molar-refractivity contribution in [3.8, 4) is 0 Å². The third-order valence-corrected chi connectivity index (χ3v) is 3.17. The van der Waals surface area contributed by atoms with Crippen molar-refractivity contribution in [2.75, 3.05) is 0 Å². The van der Waals surface area contributed by atoms with Crippen LogP contribution in [0.4, 0.5) is 13.2 Å². The largest absolute Gasteiger partial charge is 0.417 e. The summed E-state index contributed by atoms with van der Waals surface area (Å²) >= 11 is 0. The Hall–Kier alpha value is -2.18. The maximum atomic E-state index is 12.4. The number of hydrogen-bond donors (Lipinski definition) is 0. The van der Waals surface area contributed by atoms with Gasteiger partial charge in [-0.25, -0.2) is 0 Å². The minimum atomic E-state index is -4.46. The summed E-state index contributed by atoms with van der Waals surface area (Å²) in [5.41, 5.74) is 0.0526. The topological polar surface area (TPSA) is 50.3 Å². The Morgan fingerprint density at radius 2 is 1.65 bits per heavy atom. The summed E-state index contributed by atoms with van der Waals surface area (Å²) in [6.45, 7) is 2.94. The van der Waals surface area contributed by atoms with E-state index in [-0.39, 0.29) is 12.2 Å². The molecule has 1 aliphatic rings. The SMILES string of the molecule is CC1=C(C)C(=O)N(Cc2ccc(C(F)(F)F)cn2)C1=O. The first-order valence-electron chi connectivity index (χ1n) is 5.77. The van der Waals surface area contributed by atoms with Gasteiger partial charge in [0.05, 0.1) is 17.8 Å². The van der Waals surface area contributed by atoms with Crippen molar-refractivity contribution >= 4 is 11.8 Å². The fraction of sp³-hybridized carbons (Fsp3) is 0.308. The van der Waals surface area contributed by atoms with E-state index in [1.54, 1.807) is 0 Å². The highest BCUT2D eigenvalue weighted by Crippen LogP contribution is 2.28. The van der Waals surface area contributed by atoms with Gasteiger partial charge in [-0.05, 0) is 26.0 Å². The molecule has 0 bridgehead atoms. The van der Waals surface area contributed by atoms with Gasteiger partial charge in [0.1, 0.15) is 0 Å². The van der Waals surface area contributed by atoms with Crippen LogP contribution in [-0.4, -0.2) is 21.7 Å². The number of alkyl halides is 3. The van der Waals surface area contributed by atoms with Crippen molar-refractivity contribution in [1.82, 2.24) is 9.88 Å². The third kappa shape index (κ3) is 2.43. The first kappa shape index (κ1) is 14.2. The second-order valence-corrected chi connectivity index (χ2v) is 4.48. The average Bonchev–Trinajstić information content (AvgIpc) is 2.56. The molecule has 1 aliphatic heterocycles. The molecule has 0 radical (unpaired) electrons. The molecule has 0 aromatic carbocycles. The zero-order valence-electron chi connectivity index (χ0n) is 10.8. The molecule has 106 valence electrons. The maximum absolute atomic E-state index is 12.4. The zero-order valence-corrected chi connectivity index (χ0v) is 10.8. The molecular weight excluding hydrogens is 273 g/mol. The molecule has 0 saturated heterocycles. The van der Waals surface area contributed by atoms with E-state index in [1.165, 1.54) is 13.8 Å². The van der Waals surface area contributed by atoms with Crippen LogP contribution in [0.25, 0.3) is 0 Å². The number of halogens is 3. The van der Waals surface area contributed by atoms with E-state index < -0.39 is 23.6 Å². The minimum absolute atomic E-state index is 0.134. The summed E-state index contributed by atoms with van der Waals surface area (Å²) in [7, 11) is 0. The first-order chi connectivity index (χ1) is 9.21. The van der Waals surface area contributed by atoms with Crippen molar-refractivity contribution in [2.24, 2.45) is 0 Å². The third-order valence-electron chi connectivity index (χ3n) is 3.17. The first-order valence-corrected chi connectivity index (χ1v) is 5.77. The Morgan fingerprint density at radius 3 is 2.05 bits per heavy atom. The molecule has 1 aromatic rings. The summed E-state index contributed by atoms with van der Waals surface area (Å²) in [5, 5.41) is 0. The summed E-state index contributed by atoms with van der Waals surface area (Å²) in [4.78, 5) is 28.2. The number of hydrogen-bond acceptors (Lipinski definition) is 3. The van der Waals surface area contributed by atoms with Crippen LogP contribution in [0.3, 0.4) is 0 Å². The highest BCUT2D eigenvalue weighted by Gasteiger charge is 2.34. The molecule has 20 heavy (non-hydrogen) atoms. The number of carbonyl (C=O) groups excluding carboxylic acids is 2. The van der Waals surface area contributed by atoms with Crippen molar-refractivity contribution in [3.05, 3.63) is 40.7 Å². The Bertz CT molecular complexity index is 579. The Kier molecular flexibility index (Phi) is 3.37. The number of rotatable bonds is 2. The molecule has 4 nitrogen and oxygen atoms in total. The van der Waals surface area contributed by atoms with Gasteiger partial charge in [-0.1, -0.05) is 0 Å². The lowest BCUT2D eigenvalue weighted by atomic mass is 10.2. The van der Waals surface area contributed by atoms with Gasteiger partial charge in [0, 0.05) is 17.3 Å². The van der Waals surface area contributed by atoms with E-state index in [2.05, 4.69) is 4.98 Å². The van der Waals surface area contributed by atoms with E-state index >= 15 is 0 Å². The standard InChI is InChI=1S/C13H11F3N2O2/c1-7-8(2)12(20)18(11(7)19)6-10-4-3-9(5-17-10)13(14,15)16/h3-5H,6H2,1-2H3. The monoisotopic (exact) mass is 284 g/mol. The highest BCUT2D eigenvalue weighted by molar-refractivity contribution is 6.18. The van der Waals surface area contributed by atoms with Crippen LogP contribution >= 0.6 is 0 Å². The number of carbonyl (C=O) groups is 2. The van der Waals surface area contributed by atoms with Crippen LogP contribution in [0, 0.1) is 0 Å². The van der Waals surface area contributed by atoms with E-state index in [1.807, 2.05) is 0 Å². The fourth-order valence-electron chi connectivity index (χ4n) is 1.81. The van der Waals surface area contributed by atoms with Gasteiger partial charge in [0.25, 0.3) is 11.8 Å². The molecule has 0 atom stereocenters. The fourth-order valence-corrected chi connectivity index (χ4v) is 1.81. The van der Waals surface area contributed by atoms with Crippen LogP contribution in [0.5, 0.6) is 0 Å². The minimum Gasteiger partial charge on any atom is -0.269 e. The van der Waals surface area contributed by atoms with E-state index in [0.29, 0.717) is 17.3 Å². The molecule has 2 heterocycles. The van der Waals surface area contributed by atoms with Crippen LogP contribution < -0.4 is 0 Å². The second kappa shape index (κ2) is 4.73. The number of imide groups is 1. The maximum Gasteiger partial charge on any atom is 0.417 e. The number of amides is 2. The number of nitrogens with zero attached hydrogens (tertiary/aromatic N) is 2. The molecular formula is C13H11F3N2O2. The van der Waals surface area contributed by atoms with E-state index in [4.69, 9.17) is 0 Å². The molecule has 2 amide bonds.